The first-order valence-electron chi connectivity index (χ1n) is 7.38. The van der Waals surface area contributed by atoms with Crippen molar-refractivity contribution in [1.29, 1.82) is 0 Å². The van der Waals surface area contributed by atoms with Crippen molar-refractivity contribution < 1.29 is 0 Å². The average Bonchev–Trinajstić information content (AvgIpc) is 2.37. The largest absolute Gasteiger partial charge is 0.0837 e. The molecule has 1 atom stereocenters. The molecule has 0 spiro atoms. The molecule has 0 N–H and O–H groups in total. The van der Waals surface area contributed by atoms with E-state index in [4.69, 9.17) is 0 Å². The van der Waals surface area contributed by atoms with E-state index in [0.717, 1.165) is 11.8 Å². The number of hydrogen-bond acceptors (Lipinski definition) is 0. The van der Waals surface area contributed by atoms with E-state index in [9.17, 15) is 0 Å². The molecule has 98 valence electrons. The normalized spacial score (nSPS) is 23.8. The van der Waals surface area contributed by atoms with Crippen LogP contribution in [-0.2, 0) is 0 Å². The highest BCUT2D eigenvalue weighted by Gasteiger charge is 2.12. The SMILES string of the molecule is CC1=CC(CCC2=CC=C(C(C)C)CC2)CC=C1. The third-order valence-corrected chi connectivity index (χ3v) is 4.16. The van der Waals surface area contributed by atoms with Crippen LogP contribution in [-0.4, -0.2) is 0 Å². The van der Waals surface area contributed by atoms with Crippen molar-refractivity contribution >= 4 is 0 Å². The van der Waals surface area contributed by atoms with E-state index in [2.05, 4.69) is 51.2 Å². The quantitative estimate of drug-likeness (QED) is 0.602. The van der Waals surface area contributed by atoms with Crippen molar-refractivity contribution in [3.8, 4) is 0 Å². The van der Waals surface area contributed by atoms with E-state index in [0.29, 0.717) is 0 Å². The third kappa shape index (κ3) is 3.73. The van der Waals surface area contributed by atoms with E-state index in [1.165, 1.54) is 37.7 Å². The van der Waals surface area contributed by atoms with Crippen LogP contribution in [0.15, 0.2) is 47.1 Å². The summed E-state index contributed by atoms with van der Waals surface area (Å²) in [4.78, 5) is 0. The smallest absolute Gasteiger partial charge is 0.0190 e. The second kappa shape index (κ2) is 6.22. The lowest BCUT2D eigenvalue weighted by atomic mass is 9.86. The van der Waals surface area contributed by atoms with E-state index >= 15 is 0 Å². The van der Waals surface area contributed by atoms with Gasteiger partial charge in [0, 0.05) is 0 Å². The third-order valence-electron chi connectivity index (χ3n) is 4.16. The first-order chi connectivity index (χ1) is 8.65. The van der Waals surface area contributed by atoms with Crippen molar-refractivity contribution in [2.45, 2.75) is 52.9 Å². The molecule has 0 fully saturated rings. The second-order valence-electron chi connectivity index (χ2n) is 6.07. The Morgan fingerprint density at radius 2 is 2.06 bits per heavy atom. The van der Waals surface area contributed by atoms with Gasteiger partial charge in [0.2, 0.25) is 0 Å². The van der Waals surface area contributed by atoms with Crippen molar-refractivity contribution in [3.63, 3.8) is 0 Å². The Balaban J connectivity index is 1.83. The predicted molar refractivity (Wildman–Crippen MR) is 80.5 cm³/mol. The van der Waals surface area contributed by atoms with Gasteiger partial charge < -0.3 is 0 Å². The summed E-state index contributed by atoms with van der Waals surface area (Å²) in [7, 11) is 0. The summed E-state index contributed by atoms with van der Waals surface area (Å²) in [6.07, 6.45) is 18.2. The topological polar surface area (TPSA) is 0 Å². The van der Waals surface area contributed by atoms with Crippen LogP contribution in [0.25, 0.3) is 0 Å². The highest BCUT2D eigenvalue weighted by atomic mass is 14.2. The molecule has 0 aliphatic heterocycles. The Labute approximate surface area is 112 Å². The van der Waals surface area contributed by atoms with Gasteiger partial charge in [-0.3, -0.25) is 0 Å². The maximum Gasteiger partial charge on any atom is -0.0190 e. The fourth-order valence-electron chi connectivity index (χ4n) is 2.88. The minimum absolute atomic E-state index is 0.719. The molecular formula is C18H26. The Morgan fingerprint density at radius 1 is 1.22 bits per heavy atom. The van der Waals surface area contributed by atoms with Gasteiger partial charge in [-0.25, -0.2) is 0 Å². The van der Waals surface area contributed by atoms with Crippen molar-refractivity contribution in [3.05, 3.63) is 47.1 Å². The molecule has 0 saturated heterocycles. The van der Waals surface area contributed by atoms with Gasteiger partial charge in [-0.05, 0) is 50.9 Å². The molecular weight excluding hydrogens is 216 g/mol. The maximum atomic E-state index is 2.44. The Bertz CT molecular complexity index is 402. The lowest BCUT2D eigenvalue weighted by Gasteiger charge is -2.19. The molecule has 0 nitrogen and oxygen atoms in total. The van der Waals surface area contributed by atoms with Crippen molar-refractivity contribution in [1.82, 2.24) is 0 Å². The van der Waals surface area contributed by atoms with Gasteiger partial charge in [0.15, 0.2) is 0 Å². The van der Waals surface area contributed by atoms with Crippen LogP contribution in [0.4, 0.5) is 0 Å². The van der Waals surface area contributed by atoms with Crippen LogP contribution in [0.5, 0.6) is 0 Å². The molecule has 0 bridgehead atoms. The van der Waals surface area contributed by atoms with Crippen LogP contribution in [0.3, 0.4) is 0 Å². The first kappa shape index (κ1) is 13.4. The predicted octanol–water partition coefficient (Wildman–Crippen LogP) is 5.59. The van der Waals surface area contributed by atoms with Gasteiger partial charge >= 0.3 is 0 Å². The van der Waals surface area contributed by atoms with E-state index in [1.807, 2.05) is 0 Å². The number of rotatable bonds is 4. The molecule has 0 aromatic rings. The molecule has 0 aromatic heterocycles. The summed E-state index contributed by atoms with van der Waals surface area (Å²) in [5.41, 5.74) is 4.71. The zero-order valence-electron chi connectivity index (χ0n) is 12.1. The van der Waals surface area contributed by atoms with Gasteiger partial charge in [-0.1, -0.05) is 60.9 Å². The molecule has 0 heterocycles. The Kier molecular flexibility index (Phi) is 4.63. The van der Waals surface area contributed by atoms with E-state index < -0.39 is 0 Å². The number of hydrogen-bond donors (Lipinski definition) is 0. The zero-order valence-corrected chi connectivity index (χ0v) is 12.1. The summed E-state index contributed by atoms with van der Waals surface area (Å²) in [6.45, 7) is 6.80. The molecule has 2 rings (SSSR count). The Morgan fingerprint density at radius 3 is 2.67 bits per heavy atom. The van der Waals surface area contributed by atoms with Crippen LogP contribution in [0.2, 0.25) is 0 Å². The molecule has 18 heavy (non-hydrogen) atoms. The van der Waals surface area contributed by atoms with Gasteiger partial charge in [0.1, 0.15) is 0 Å². The molecule has 0 saturated carbocycles. The lowest BCUT2D eigenvalue weighted by molar-refractivity contribution is 0.576. The minimum atomic E-state index is 0.719. The molecule has 0 radical (unpaired) electrons. The molecule has 1 unspecified atom stereocenters. The van der Waals surface area contributed by atoms with Crippen LogP contribution in [0, 0.1) is 11.8 Å². The monoisotopic (exact) mass is 242 g/mol. The van der Waals surface area contributed by atoms with Gasteiger partial charge in [0.25, 0.3) is 0 Å². The molecule has 2 aliphatic rings. The summed E-state index contributed by atoms with van der Waals surface area (Å²) >= 11 is 0. The lowest BCUT2D eigenvalue weighted by Crippen LogP contribution is -2.03. The highest BCUT2D eigenvalue weighted by molar-refractivity contribution is 5.26. The summed E-state index contributed by atoms with van der Waals surface area (Å²) < 4.78 is 0. The zero-order chi connectivity index (χ0) is 13.0. The van der Waals surface area contributed by atoms with Crippen molar-refractivity contribution in [2.75, 3.05) is 0 Å². The molecule has 0 aromatic carbocycles. The molecule has 0 amide bonds. The van der Waals surface area contributed by atoms with Crippen LogP contribution < -0.4 is 0 Å². The summed E-state index contributed by atoms with van der Waals surface area (Å²) in [6, 6.07) is 0. The fraction of sp³-hybridized carbons (Fsp3) is 0.556. The maximum absolute atomic E-state index is 2.44. The van der Waals surface area contributed by atoms with Gasteiger partial charge in [0.05, 0.1) is 0 Å². The summed E-state index contributed by atoms with van der Waals surface area (Å²) in [5.74, 6) is 1.49. The molecule has 0 heteroatoms. The standard InChI is InChI=1S/C18H26/c1-14(2)18-11-9-16(10-12-18)7-8-17-6-4-5-15(3)13-17/h4-5,9,11,13-14,17H,6-8,10,12H2,1-3H3. The van der Waals surface area contributed by atoms with E-state index in [-0.39, 0.29) is 0 Å². The van der Waals surface area contributed by atoms with E-state index in [1.54, 1.807) is 11.1 Å². The molecule has 2 aliphatic carbocycles. The van der Waals surface area contributed by atoms with Crippen LogP contribution >= 0.6 is 0 Å². The van der Waals surface area contributed by atoms with Crippen LogP contribution in [0.1, 0.15) is 52.9 Å². The second-order valence-corrected chi connectivity index (χ2v) is 6.07. The summed E-state index contributed by atoms with van der Waals surface area (Å²) in [5, 5.41) is 0. The number of allylic oxidation sites excluding steroid dienone is 8. The van der Waals surface area contributed by atoms with Crippen molar-refractivity contribution in [2.24, 2.45) is 11.8 Å². The Hall–Kier alpha value is -1.04. The highest BCUT2D eigenvalue weighted by Crippen LogP contribution is 2.29. The van der Waals surface area contributed by atoms with Gasteiger partial charge in [-0.2, -0.15) is 0 Å². The minimum Gasteiger partial charge on any atom is -0.0837 e. The average molecular weight is 242 g/mol. The van der Waals surface area contributed by atoms with Gasteiger partial charge in [-0.15, -0.1) is 0 Å². The fourth-order valence-corrected chi connectivity index (χ4v) is 2.88. The first-order valence-corrected chi connectivity index (χ1v) is 7.38.